The summed E-state index contributed by atoms with van der Waals surface area (Å²) in [6.45, 7) is 6.44. The third-order valence-electron chi connectivity index (χ3n) is 5.60. The van der Waals surface area contributed by atoms with Gasteiger partial charge in [-0.05, 0) is 50.1 Å². The quantitative estimate of drug-likeness (QED) is 0.245. The van der Waals surface area contributed by atoms with Crippen LogP contribution in [0.1, 0.15) is 37.9 Å². The summed E-state index contributed by atoms with van der Waals surface area (Å²) in [5.41, 5.74) is 2.92. The molecule has 0 saturated heterocycles. The van der Waals surface area contributed by atoms with E-state index in [0.29, 0.717) is 6.54 Å². The first-order chi connectivity index (χ1) is 18.0. The van der Waals surface area contributed by atoms with E-state index in [2.05, 4.69) is 10.4 Å². The molecule has 0 amide bonds. The largest absolute Gasteiger partial charge is 0.464 e. The molecule has 1 N–H and O–H groups in total. The van der Waals surface area contributed by atoms with Crippen LogP contribution >= 0.6 is 0 Å². The van der Waals surface area contributed by atoms with E-state index in [4.69, 9.17) is 18.9 Å². The van der Waals surface area contributed by atoms with Gasteiger partial charge in [0.15, 0.2) is 12.2 Å². The Bertz CT molecular complexity index is 1070. The van der Waals surface area contributed by atoms with E-state index in [0.717, 1.165) is 16.8 Å². The number of rotatable bonds is 15. The molecule has 3 aromatic rings. The lowest BCUT2D eigenvalue weighted by Crippen LogP contribution is -2.46. The first-order valence-corrected chi connectivity index (χ1v) is 12.5. The van der Waals surface area contributed by atoms with Crippen molar-refractivity contribution >= 4 is 11.9 Å². The second-order valence-electron chi connectivity index (χ2n) is 8.23. The molecule has 3 rings (SSSR count). The lowest BCUT2D eigenvalue weighted by molar-refractivity contribution is -0.184. The number of hydrogen-bond acceptors (Lipinski definition) is 8. The topological polar surface area (TPSA) is 101 Å². The molecule has 198 valence electrons. The average Bonchev–Trinajstić information content (AvgIpc) is 3.46. The standard InChI is InChI=1S/C28H35N3O6/c1-4-34-27(32)25(26(28(33)35-5-2)37-20-22-10-7-6-8-11-22)36-19-17-29-21(3)23-12-14-24(15-13-23)31-18-9-16-30-31/h6-16,18,21,25-26,29H,4-5,17,19-20H2,1-3H3/t21-,25-,26-/m1/s1. The molecular weight excluding hydrogens is 474 g/mol. The number of carbonyl (C=O) groups excluding carboxylic acids is 2. The summed E-state index contributed by atoms with van der Waals surface area (Å²) >= 11 is 0. The van der Waals surface area contributed by atoms with Crippen LogP contribution in [0.15, 0.2) is 73.1 Å². The Hall–Kier alpha value is -3.53. The van der Waals surface area contributed by atoms with Crippen LogP contribution in [-0.4, -0.2) is 60.3 Å². The lowest BCUT2D eigenvalue weighted by atomic mass is 10.1. The molecule has 37 heavy (non-hydrogen) atoms. The van der Waals surface area contributed by atoms with Crippen LogP contribution in [0.2, 0.25) is 0 Å². The van der Waals surface area contributed by atoms with Crippen molar-refractivity contribution < 1.29 is 28.5 Å². The van der Waals surface area contributed by atoms with Gasteiger partial charge in [0.2, 0.25) is 0 Å². The summed E-state index contributed by atoms with van der Waals surface area (Å²) in [5, 5.41) is 7.61. The van der Waals surface area contributed by atoms with Gasteiger partial charge in [0.05, 0.1) is 32.1 Å². The monoisotopic (exact) mass is 509 g/mol. The Morgan fingerprint density at radius 2 is 1.54 bits per heavy atom. The zero-order valence-electron chi connectivity index (χ0n) is 21.5. The molecule has 0 aliphatic rings. The number of hydrogen-bond donors (Lipinski definition) is 1. The van der Waals surface area contributed by atoms with Crippen molar-refractivity contribution in [2.24, 2.45) is 0 Å². The van der Waals surface area contributed by atoms with Crippen LogP contribution in [0.3, 0.4) is 0 Å². The minimum Gasteiger partial charge on any atom is -0.464 e. The maximum absolute atomic E-state index is 12.7. The van der Waals surface area contributed by atoms with Crippen LogP contribution in [0.25, 0.3) is 5.69 Å². The van der Waals surface area contributed by atoms with Gasteiger partial charge in [-0.1, -0.05) is 42.5 Å². The SMILES string of the molecule is CCOC(=O)[C@H](OCCN[C@H](C)c1ccc(-n2cccn2)cc1)[C@@H](OCc1ccccc1)C(=O)OCC. The van der Waals surface area contributed by atoms with E-state index in [-0.39, 0.29) is 32.5 Å². The normalized spacial score (nSPS) is 13.5. The Balaban J connectivity index is 1.59. The number of carbonyl (C=O) groups is 2. The number of aromatic nitrogens is 2. The summed E-state index contributed by atoms with van der Waals surface area (Å²) in [6, 6.07) is 19.3. The highest BCUT2D eigenvalue weighted by molar-refractivity contribution is 5.85. The van der Waals surface area contributed by atoms with E-state index in [1.807, 2.05) is 73.8 Å². The van der Waals surface area contributed by atoms with Crippen molar-refractivity contribution in [1.82, 2.24) is 15.1 Å². The van der Waals surface area contributed by atoms with Crippen molar-refractivity contribution in [3.63, 3.8) is 0 Å². The van der Waals surface area contributed by atoms with Crippen LogP contribution in [0.4, 0.5) is 0 Å². The minimum atomic E-state index is -1.26. The zero-order valence-corrected chi connectivity index (χ0v) is 21.5. The fourth-order valence-electron chi connectivity index (χ4n) is 3.68. The van der Waals surface area contributed by atoms with Gasteiger partial charge in [-0.3, -0.25) is 0 Å². The van der Waals surface area contributed by atoms with Gasteiger partial charge in [-0.15, -0.1) is 0 Å². The lowest BCUT2D eigenvalue weighted by Gasteiger charge is -2.25. The van der Waals surface area contributed by atoms with Crippen molar-refractivity contribution in [3.8, 4) is 5.69 Å². The second-order valence-corrected chi connectivity index (χ2v) is 8.23. The third kappa shape index (κ3) is 8.52. The number of nitrogens with zero attached hydrogens (tertiary/aromatic N) is 2. The second kappa shape index (κ2) is 14.9. The summed E-state index contributed by atoms with van der Waals surface area (Å²) in [7, 11) is 0. The van der Waals surface area contributed by atoms with Crippen LogP contribution in [0.5, 0.6) is 0 Å². The molecule has 9 heteroatoms. The van der Waals surface area contributed by atoms with Gasteiger partial charge in [-0.25, -0.2) is 14.3 Å². The van der Waals surface area contributed by atoms with E-state index >= 15 is 0 Å². The molecule has 0 radical (unpaired) electrons. The Labute approximate surface area is 217 Å². The molecule has 0 bridgehead atoms. The number of esters is 2. The third-order valence-corrected chi connectivity index (χ3v) is 5.60. The number of nitrogens with one attached hydrogen (secondary N) is 1. The summed E-state index contributed by atoms with van der Waals surface area (Å²) in [4.78, 5) is 25.4. The number of benzene rings is 2. The molecule has 2 aromatic carbocycles. The Kier molecular flexibility index (Phi) is 11.3. The maximum Gasteiger partial charge on any atom is 0.338 e. The number of ether oxygens (including phenoxy) is 4. The summed E-state index contributed by atoms with van der Waals surface area (Å²) < 4.78 is 23.8. The molecule has 3 atom stereocenters. The molecular formula is C28H35N3O6. The highest BCUT2D eigenvalue weighted by Gasteiger charge is 2.38. The van der Waals surface area contributed by atoms with Crippen LogP contribution in [-0.2, 0) is 35.1 Å². The molecule has 0 saturated carbocycles. The van der Waals surface area contributed by atoms with Gasteiger partial charge in [0, 0.05) is 25.0 Å². The van der Waals surface area contributed by atoms with Gasteiger partial charge >= 0.3 is 11.9 Å². The molecule has 1 aromatic heterocycles. The van der Waals surface area contributed by atoms with Crippen molar-refractivity contribution in [2.75, 3.05) is 26.4 Å². The fraction of sp³-hybridized carbons (Fsp3) is 0.393. The molecule has 9 nitrogen and oxygen atoms in total. The van der Waals surface area contributed by atoms with Gasteiger partial charge in [0.1, 0.15) is 0 Å². The summed E-state index contributed by atoms with van der Waals surface area (Å²) in [5.74, 6) is -1.34. The molecule has 0 fully saturated rings. The molecule has 0 spiro atoms. The van der Waals surface area contributed by atoms with E-state index in [1.165, 1.54) is 0 Å². The summed E-state index contributed by atoms with van der Waals surface area (Å²) in [6.07, 6.45) is 1.11. The predicted octanol–water partition coefficient (Wildman–Crippen LogP) is 3.62. The van der Waals surface area contributed by atoms with Gasteiger partial charge in [-0.2, -0.15) is 5.10 Å². The Morgan fingerprint density at radius 1 is 0.892 bits per heavy atom. The maximum atomic E-state index is 12.7. The first-order valence-electron chi connectivity index (χ1n) is 12.5. The molecule has 0 aliphatic carbocycles. The first kappa shape index (κ1) is 28.0. The molecule has 1 heterocycles. The van der Waals surface area contributed by atoms with Crippen molar-refractivity contribution in [1.29, 1.82) is 0 Å². The van der Waals surface area contributed by atoms with Crippen LogP contribution in [0, 0.1) is 0 Å². The van der Waals surface area contributed by atoms with E-state index in [1.54, 1.807) is 24.7 Å². The smallest absolute Gasteiger partial charge is 0.338 e. The van der Waals surface area contributed by atoms with Gasteiger partial charge in [0.25, 0.3) is 0 Å². The zero-order chi connectivity index (χ0) is 26.5. The molecule has 0 aliphatic heterocycles. The average molecular weight is 510 g/mol. The predicted molar refractivity (Wildman–Crippen MR) is 138 cm³/mol. The van der Waals surface area contributed by atoms with E-state index in [9.17, 15) is 9.59 Å². The van der Waals surface area contributed by atoms with Gasteiger partial charge < -0.3 is 24.3 Å². The highest BCUT2D eigenvalue weighted by atomic mass is 16.6. The fourth-order valence-corrected chi connectivity index (χ4v) is 3.68. The van der Waals surface area contributed by atoms with Crippen molar-refractivity contribution in [2.45, 2.75) is 45.6 Å². The Morgan fingerprint density at radius 3 is 2.14 bits per heavy atom. The van der Waals surface area contributed by atoms with Crippen molar-refractivity contribution in [3.05, 3.63) is 84.2 Å². The highest BCUT2D eigenvalue weighted by Crippen LogP contribution is 2.16. The van der Waals surface area contributed by atoms with E-state index < -0.39 is 24.1 Å². The minimum absolute atomic E-state index is 0.0338. The van der Waals surface area contributed by atoms with Crippen LogP contribution < -0.4 is 5.32 Å². The molecule has 0 unspecified atom stereocenters.